The Bertz CT molecular complexity index is 1070. The summed E-state index contributed by atoms with van der Waals surface area (Å²) in [5.74, 6) is 1.26. The molecule has 1 fully saturated rings. The van der Waals surface area contributed by atoms with Crippen LogP contribution in [0, 0.1) is 0 Å². The third-order valence-corrected chi connectivity index (χ3v) is 5.61. The van der Waals surface area contributed by atoms with Gasteiger partial charge < -0.3 is 14.6 Å². The maximum absolute atomic E-state index is 9.55. The number of likely N-dealkylation sites (tertiary alicyclic amines) is 1. The Labute approximate surface area is 158 Å². The number of rotatable bonds is 4. The van der Waals surface area contributed by atoms with Gasteiger partial charge in [-0.15, -0.1) is 0 Å². The van der Waals surface area contributed by atoms with E-state index >= 15 is 0 Å². The van der Waals surface area contributed by atoms with Crippen molar-refractivity contribution < 1.29 is 5.11 Å². The van der Waals surface area contributed by atoms with Gasteiger partial charge in [0.25, 0.3) is 0 Å². The van der Waals surface area contributed by atoms with Crippen molar-refractivity contribution in [1.82, 2.24) is 18.9 Å². The lowest BCUT2D eigenvalue weighted by atomic mass is 10.1. The van der Waals surface area contributed by atoms with Crippen LogP contribution in [0.2, 0.25) is 0 Å². The molecule has 0 radical (unpaired) electrons. The van der Waals surface area contributed by atoms with Gasteiger partial charge in [-0.1, -0.05) is 18.6 Å². The molecule has 5 nitrogen and oxygen atoms in total. The molecule has 1 saturated heterocycles. The van der Waals surface area contributed by atoms with E-state index in [-0.39, 0.29) is 5.75 Å². The molecule has 1 aliphatic heterocycles. The lowest BCUT2D eigenvalue weighted by molar-refractivity contribution is 0.222. The molecule has 1 N–H and O–H groups in total. The van der Waals surface area contributed by atoms with Crippen LogP contribution in [0.3, 0.4) is 0 Å². The van der Waals surface area contributed by atoms with Crippen molar-refractivity contribution in [3.63, 3.8) is 0 Å². The average molecular weight is 360 g/mol. The van der Waals surface area contributed by atoms with E-state index in [9.17, 15) is 5.11 Å². The Balaban J connectivity index is 1.55. The minimum Gasteiger partial charge on any atom is -0.508 e. The van der Waals surface area contributed by atoms with Crippen molar-refractivity contribution in [1.29, 1.82) is 0 Å². The van der Waals surface area contributed by atoms with Gasteiger partial charge in [-0.25, -0.2) is 4.98 Å². The highest BCUT2D eigenvalue weighted by Gasteiger charge is 2.16. The summed E-state index contributed by atoms with van der Waals surface area (Å²) in [5.41, 5.74) is 4.36. The van der Waals surface area contributed by atoms with E-state index in [2.05, 4.69) is 44.3 Å². The fourth-order valence-electron chi connectivity index (χ4n) is 4.16. The number of phenolic OH excluding ortho intramolecular Hbond substituents is 1. The van der Waals surface area contributed by atoms with E-state index in [4.69, 9.17) is 4.98 Å². The SMILES string of the molecule is Oc1ccc(-c2cn3c4ccccc4n(CCN4CCCCC4)c3n2)cc1. The summed E-state index contributed by atoms with van der Waals surface area (Å²) in [6.45, 7) is 4.43. The fraction of sp³-hybridized carbons (Fsp3) is 0.318. The molecule has 3 heterocycles. The Morgan fingerprint density at radius 1 is 0.852 bits per heavy atom. The summed E-state index contributed by atoms with van der Waals surface area (Å²) in [6, 6.07) is 15.8. The van der Waals surface area contributed by atoms with Crippen LogP contribution >= 0.6 is 0 Å². The van der Waals surface area contributed by atoms with E-state index in [0.717, 1.165) is 30.1 Å². The quantitative estimate of drug-likeness (QED) is 0.595. The van der Waals surface area contributed by atoms with Crippen molar-refractivity contribution in [3.8, 4) is 17.0 Å². The van der Waals surface area contributed by atoms with Crippen LogP contribution in [0.5, 0.6) is 5.75 Å². The zero-order chi connectivity index (χ0) is 18.2. The second-order valence-electron chi connectivity index (χ2n) is 7.39. The first kappa shape index (κ1) is 16.4. The molecule has 0 saturated carbocycles. The average Bonchev–Trinajstić information content (AvgIpc) is 3.26. The number of hydrogen-bond donors (Lipinski definition) is 1. The molecule has 4 aromatic rings. The predicted octanol–water partition coefficient (Wildman–Crippen LogP) is 4.15. The van der Waals surface area contributed by atoms with E-state index in [1.54, 1.807) is 12.1 Å². The third-order valence-electron chi connectivity index (χ3n) is 5.61. The molecule has 5 rings (SSSR count). The second-order valence-corrected chi connectivity index (χ2v) is 7.39. The minimum absolute atomic E-state index is 0.277. The van der Waals surface area contributed by atoms with Gasteiger partial charge in [-0.3, -0.25) is 4.40 Å². The number of para-hydroxylation sites is 2. The lowest BCUT2D eigenvalue weighted by Gasteiger charge is -2.26. The first-order valence-electron chi connectivity index (χ1n) is 9.78. The second kappa shape index (κ2) is 6.74. The fourth-order valence-corrected chi connectivity index (χ4v) is 4.16. The maximum atomic E-state index is 9.55. The summed E-state index contributed by atoms with van der Waals surface area (Å²) < 4.78 is 4.53. The van der Waals surface area contributed by atoms with Crippen LogP contribution in [0.1, 0.15) is 19.3 Å². The number of imidazole rings is 2. The number of hydrogen-bond acceptors (Lipinski definition) is 3. The van der Waals surface area contributed by atoms with E-state index in [1.807, 2.05) is 12.1 Å². The normalized spacial score (nSPS) is 15.7. The molecule has 1 aliphatic rings. The van der Waals surface area contributed by atoms with Gasteiger partial charge in [0.05, 0.1) is 16.7 Å². The van der Waals surface area contributed by atoms with Gasteiger partial charge >= 0.3 is 0 Å². The van der Waals surface area contributed by atoms with Crippen LogP contribution in [-0.4, -0.2) is 43.6 Å². The van der Waals surface area contributed by atoms with Gasteiger partial charge in [0.15, 0.2) is 0 Å². The minimum atomic E-state index is 0.277. The number of phenols is 1. The van der Waals surface area contributed by atoms with Gasteiger partial charge in [0.2, 0.25) is 5.78 Å². The highest BCUT2D eigenvalue weighted by Crippen LogP contribution is 2.26. The summed E-state index contributed by atoms with van der Waals surface area (Å²) in [4.78, 5) is 7.51. The van der Waals surface area contributed by atoms with Crippen LogP contribution in [0.4, 0.5) is 0 Å². The Hall–Kier alpha value is -2.79. The van der Waals surface area contributed by atoms with E-state index in [1.165, 1.54) is 43.4 Å². The van der Waals surface area contributed by atoms with Crippen LogP contribution < -0.4 is 0 Å². The number of aromatic nitrogens is 3. The van der Waals surface area contributed by atoms with Crippen molar-refractivity contribution in [2.24, 2.45) is 0 Å². The van der Waals surface area contributed by atoms with Gasteiger partial charge in [-0.2, -0.15) is 0 Å². The zero-order valence-corrected chi connectivity index (χ0v) is 15.4. The summed E-state index contributed by atoms with van der Waals surface area (Å²) in [5, 5.41) is 9.55. The molecule has 0 aliphatic carbocycles. The molecule has 0 unspecified atom stereocenters. The number of benzene rings is 2. The van der Waals surface area contributed by atoms with Crippen LogP contribution in [-0.2, 0) is 6.54 Å². The molecule has 5 heteroatoms. The first-order valence-corrected chi connectivity index (χ1v) is 9.78. The summed E-state index contributed by atoms with van der Waals surface area (Å²) >= 11 is 0. The molecule has 2 aromatic carbocycles. The van der Waals surface area contributed by atoms with Crippen LogP contribution in [0.25, 0.3) is 28.1 Å². The summed E-state index contributed by atoms with van der Waals surface area (Å²) in [6.07, 6.45) is 6.09. The van der Waals surface area contributed by atoms with Crippen molar-refractivity contribution in [2.45, 2.75) is 25.8 Å². The molecule has 0 spiro atoms. The monoisotopic (exact) mass is 360 g/mol. The zero-order valence-electron chi connectivity index (χ0n) is 15.4. The number of fused-ring (bicyclic) bond motifs is 3. The van der Waals surface area contributed by atoms with Crippen LogP contribution in [0.15, 0.2) is 54.7 Å². The van der Waals surface area contributed by atoms with Gasteiger partial charge in [0, 0.05) is 24.8 Å². The Kier molecular flexibility index (Phi) is 4.09. The lowest BCUT2D eigenvalue weighted by Crippen LogP contribution is -2.32. The van der Waals surface area contributed by atoms with Crippen molar-refractivity contribution in [3.05, 3.63) is 54.7 Å². The molecule has 27 heavy (non-hydrogen) atoms. The Morgan fingerprint density at radius 3 is 2.37 bits per heavy atom. The topological polar surface area (TPSA) is 45.7 Å². The largest absolute Gasteiger partial charge is 0.508 e. The van der Waals surface area contributed by atoms with Gasteiger partial charge in [-0.05, 0) is 62.3 Å². The molecule has 0 amide bonds. The Morgan fingerprint density at radius 2 is 1.59 bits per heavy atom. The molecule has 2 aromatic heterocycles. The molecule has 0 bridgehead atoms. The first-order chi connectivity index (χ1) is 13.3. The molecule has 138 valence electrons. The highest BCUT2D eigenvalue weighted by atomic mass is 16.3. The van der Waals surface area contributed by atoms with Gasteiger partial charge in [0.1, 0.15) is 5.75 Å². The van der Waals surface area contributed by atoms with Crippen molar-refractivity contribution in [2.75, 3.05) is 19.6 Å². The number of nitrogens with zero attached hydrogens (tertiary/aromatic N) is 4. The predicted molar refractivity (Wildman–Crippen MR) is 108 cm³/mol. The molecular weight excluding hydrogens is 336 g/mol. The standard InChI is InChI=1S/C22H24N4O/c27-18-10-8-17(9-11-18)19-16-26-21-7-3-2-6-20(21)25(22(26)23-19)15-14-24-12-4-1-5-13-24/h2-3,6-11,16,27H,1,4-5,12-15H2. The molecule has 0 atom stereocenters. The third kappa shape index (κ3) is 2.98. The highest BCUT2D eigenvalue weighted by molar-refractivity contribution is 5.82. The summed E-state index contributed by atoms with van der Waals surface area (Å²) in [7, 11) is 0. The smallest absolute Gasteiger partial charge is 0.215 e. The maximum Gasteiger partial charge on any atom is 0.215 e. The number of piperidine rings is 1. The van der Waals surface area contributed by atoms with E-state index in [0.29, 0.717) is 0 Å². The number of aromatic hydroxyl groups is 1. The molecular formula is C22H24N4O. The van der Waals surface area contributed by atoms with E-state index < -0.39 is 0 Å². The van der Waals surface area contributed by atoms with Crippen molar-refractivity contribution >= 4 is 16.8 Å².